The van der Waals surface area contributed by atoms with E-state index >= 15 is 0 Å². The van der Waals surface area contributed by atoms with Crippen molar-refractivity contribution in [1.29, 1.82) is 0 Å². The van der Waals surface area contributed by atoms with Crippen molar-refractivity contribution in [3.63, 3.8) is 0 Å². The van der Waals surface area contributed by atoms with Crippen molar-refractivity contribution in [2.75, 3.05) is 5.32 Å². The van der Waals surface area contributed by atoms with E-state index in [0.717, 1.165) is 27.7 Å². The van der Waals surface area contributed by atoms with E-state index in [-0.39, 0.29) is 0 Å². The van der Waals surface area contributed by atoms with Crippen molar-refractivity contribution >= 4 is 51.1 Å². The Morgan fingerprint density at radius 3 is 2.95 bits per heavy atom. The second kappa shape index (κ2) is 5.04. The third kappa shape index (κ3) is 2.43. The van der Waals surface area contributed by atoms with Gasteiger partial charge in [-0.2, -0.15) is 5.10 Å². The standard InChI is InChI=1S/C13H11Cl2N3S/c1-7-2-11-8(5-17-18-11)3-10(7)16-4-9-6-19-13(15)12(9)14/h2-3,5-6,16H,4H2,1H3,(H,17,18). The molecule has 3 rings (SSSR count). The molecular formula is C13H11Cl2N3S. The van der Waals surface area contributed by atoms with Gasteiger partial charge in [-0.15, -0.1) is 11.3 Å². The summed E-state index contributed by atoms with van der Waals surface area (Å²) in [6.45, 7) is 2.72. The predicted molar refractivity (Wildman–Crippen MR) is 82.5 cm³/mol. The molecule has 0 amide bonds. The maximum atomic E-state index is 6.12. The fourth-order valence-corrected chi connectivity index (χ4v) is 3.21. The van der Waals surface area contributed by atoms with Gasteiger partial charge in [0, 0.05) is 23.2 Å². The number of halogens is 2. The molecule has 0 radical (unpaired) electrons. The van der Waals surface area contributed by atoms with E-state index in [4.69, 9.17) is 23.2 Å². The molecule has 0 atom stereocenters. The Morgan fingerprint density at radius 2 is 2.21 bits per heavy atom. The van der Waals surface area contributed by atoms with Gasteiger partial charge in [0.2, 0.25) is 0 Å². The number of thiophene rings is 1. The number of nitrogens with one attached hydrogen (secondary N) is 2. The number of aryl methyl sites for hydroxylation is 1. The number of nitrogens with zero attached hydrogens (tertiary/aromatic N) is 1. The van der Waals surface area contributed by atoms with Crippen LogP contribution in [0.2, 0.25) is 9.36 Å². The maximum absolute atomic E-state index is 6.12. The molecule has 2 N–H and O–H groups in total. The van der Waals surface area contributed by atoms with Gasteiger partial charge in [0.1, 0.15) is 4.34 Å². The minimum atomic E-state index is 0.639. The number of H-pyrrole nitrogens is 1. The van der Waals surface area contributed by atoms with E-state index < -0.39 is 0 Å². The van der Waals surface area contributed by atoms with Gasteiger partial charge in [-0.3, -0.25) is 5.10 Å². The van der Waals surface area contributed by atoms with Gasteiger partial charge >= 0.3 is 0 Å². The topological polar surface area (TPSA) is 40.7 Å². The quantitative estimate of drug-likeness (QED) is 0.725. The van der Waals surface area contributed by atoms with Gasteiger partial charge in [-0.25, -0.2) is 0 Å². The van der Waals surface area contributed by atoms with Gasteiger partial charge in [-0.1, -0.05) is 23.2 Å². The van der Waals surface area contributed by atoms with E-state index in [1.807, 2.05) is 11.6 Å². The Balaban J connectivity index is 1.85. The molecule has 2 heterocycles. The second-order valence-corrected chi connectivity index (χ2v) is 6.19. The minimum absolute atomic E-state index is 0.639. The predicted octanol–water partition coefficient (Wildman–Crippen LogP) is 4.85. The summed E-state index contributed by atoms with van der Waals surface area (Å²) >= 11 is 13.5. The fourth-order valence-electron chi connectivity index (χ4n) is 1.95. The molecule has 0 aliphatic rings. The Morgan fingerprint density at radius 1 is 1.37 bits per heavy atom. The lowest BCUT2D eigenvalue weighted by Gasteiger charge is -2.09. The summed E-state index contributed by atoms with van der Waals surface area (Å²) in [6, 6.07) is 4.16. The molecule has 0 saturated carbocycles. The summed E-state index contributed by atoms with van der Waals surface area (Å²) in [4.78, 5) is 0. The molecule has 1 aromatic carbocycles. The first kappa shape index (κ1) is 12.8. The van der Waals surface area contributed by atoms with Crippen LogP contribution in [0.3, 0.4) is 0 Å². The first-order valence-electron chi connectivity index (χ1n) is 5.74. The minimum Gasteiger partial charge on any atom is -0.381 e. The highest BCUT2D eigenvalue weighted by Crippen LogP contribution is 2.33. The largest absolute Gasteiger partial charge is 0.381 e. The molecule has 6 heteroatoms. The van der Waals surface area contributed by atoms with Crippen LogP contribution in [0.5, 0.6) is 0 Å². The molecule has 3 nitrogen and oxygen atoms in total. The molecule has 0 unspecified atom stereocenters. The van der Waals surface area contributed by atoms with Gasteiger partial charge in [0.15, 0.2) is 0 Å². The summed E-state index contributed by atoms with van der Waals surface area (Å²) in [5.74, 6) is 0. The zero-order valence-electron chi connectivity index (χ0n) is 10.1. The molecule has 0 fully saturated rings. The summed E-state index contributed by atoms with van der Waals surface area (Å²) in [6.07, 6.45) is 1.81. The smallest absolute Gasteiger partial charge is 0.112 e. The van der Waals surface area contributed by atoms with Crippen LogP contribution in [0.1, 0.15) is 11.1 Å². The average molecular weight is 312 g/mol. The number of rotatable bonds is 3. The van der Waals surface area contributed by atoms with E-state index in [0.29, 0.717) is 15.9 Å². The van der Waals surface area contributed by atoms with E-state index in [1.54, 1.807) is 0 Å². The van der Waals surface area contributed by atoms with Crippen molar-refractivity contribution in [3.8, 4) is 0 Å². The molecule has 0 aliphatic heterocycles. The van der Waals surface area contributed by atoms with Gasteiger partial charge in [-0.05, 0) is 30.0 Å². The van der Waals surface area contributed by atoms with Gasteiger partial charge < -0.3 is 5.32 Å². The number of aromatic nitrogens is 2. The number of fused-ring (bicyclic) bond motifs is 1. The number of hydrogen-bond acceptors (Lipinski definition) is 3. The third-order valence-electron chi connectivity index (χ3n) is 3.01. The third-order valence-corrected chi connectivity index (χ3v) is 4.92. The lowest BCUT2D eigenvalue weighted by molar-refractivity contribution is 1.12. The fraction of sp³-hybridized carbons (Fsp3) is 0.154. The monoisotopic (exact) mass is 311 g/mol. The van der Waals surface area contributed by atoms with Crippen molar-refractivity contribution < 1.29 is 0 Å². The SMILES string of the molecule is Cc1cc2[nH]ncc2cc1NCc1csc(Cl)c1Cl. The summed E-state index contributed by atoms with van der Waals surface area (Å²) in [7, 11) is 0. The lowest BCUT2D eigenvalue weighted by atomic mass is 10.1. The molecule has 0 spiro atoms. The first-order chi connectivity index (χ1) is 9.15. The molecule has 19 heavy (non-hydrogen) atoms. The van der Waals surface area contributed by atoms with Crippen molar-refractivity contribution in [2.45, 2.75) is 13.5 Å². The van der Waals surface area contributed by atoms with Crippen LogP contribution in [-0.4, -0.2) is 10.2 Å². The zero-order valence-corrected chi connectivity index (χ0v) is 12.5. The van der Waals surface area contributed by atoms with E-state index in [2.05, 4.69) is 34.6 Å². The van der Waals surface area contributed by atoms with Crippen LogP contribution in [0.15, 0.2) is 23.7 Å². The molecule has 3 aromatic rings. The maximum Gasteiger partial charge on any atom is 0.112 e. The first-order valence-corrected chi connectivity index (χ1v) is 7.37. The Labute approximate surface area is 124 Å². The van der Waals surface area contributed by atoms with Crippen LogP contribution in [0.4, 0.5) is 5.69 Å². The van der Waals surface area contributed by atoms with Crippen molar-refractivity contribution in [2.24, 2.45) is 0 Å². The molecule has 0 aliphatic carbocycles. The molecular weight excluding hydrogens is 301 g/mol. The number of benzene rings is 1. The van der Waals surface area contributed by atoms with Crippen molar-refractivity contribution in [1.82, 2.24) is 10.2 Å². The normalized spacial score (nSPS) is 11.1. The zero-order chi connectivity index (χ0) is 13.4. The van der Waals surface area contributed by atoms with Crippen LogP contribution in [0, 0.1) is 6.92 Å². The molecule has 0 bridgehead atoms. The highest BCUT2D eigenvalue weighted by molar-refractivity contribution is 7.15. The second-order valence-electron chi connectivity index (χ2n) is 4.33. The average Bonchev–Trinajstić information content (AvgIpc) is 2.96. The van der Waals surface area contributed by atoms with Gasteiger partial charge in [0.05, 0.1) is 16.7 Å². The Kier molecular flexibility index (Phi) is 3.39. The van der Waals surface area contributed by atoms with Crippen LogP contribution in [0.25, 0.3) is 10.9 Å². The number of hydrogen-bond donors (Lipinski definition) is 2. The van der Waals surface area contributed by atoms with Crippen molar-refractivity contribution in [3.05, 3.63) is 44.2 Å². The highest BCUT2D eigenvalue weighted by Gasteiger charge is 2.08. The molecule has 98 valence electrons. The van der Waals surface area contributed by atoms with Gasteiger partial charge in [0.25, 0.3) is 0 Å². The number of anilines is 1. The lowest BCUT2D eigenvalue weighted by Crippen LogP contribution is -2.00. The summed E-state index contributed by atoms with van der Waals surface area (Å²) < 4.78 is 0.639. The van der Waals surface area contributed by atoms with E-state index in [1.165, 1.54) is 11.3 Å². The Hall–Kier alpha value is -1.23. The summed E-state index contributed by atoms with van der Waals surface area (Å²) in [5, 5.41) is 14.1. The summed E-state index contributed by atoms with van der Waals surface area (Å²) in [5.41, 5.74) is 4.30. The van der Waals surface area contributed by atoms with Crippen LogP contribution >= 0.6 is 34.5 Å². The highest BCUT2D eigenvalue weighted by atomic mass is 35.5. The number of aromatic amines is 1. The van der Waals surface area contributed by atoms with Crippen LogP contribution < -0.4 is 5.32 Å². The molecule has 0 saturated heterocycles. The molecule has 2 aromatic heterocycles. The Bertz CT molecular complexity index is 733. The van der Waals surface area contributed by atoms with Crippen LogP contribution in [-0.2, 0) is 6.54 Å². The van der Waals surface area contributed by atoms with E-state index in [9.17, 15) is 0 Å².